The minimum Gasteiger partial charge on any atom is -0.492 e. The van der Waals surface area contributed by atoms with E-state index in [1.807, 2.05) is 4.90 Å². The van der Waals surface area contributed by atoms with E-state index in [1.165, 1.54) is 0 Å². The van der Waals surface area contributed by atoms with E-state index in [0.717, 1.165) is 32.6 Å². The second-order valence-corrected chi connectivity index (χ2v) is 6.03. The summed E-state index contributed by atoms with van der Waals surface area (Å²) in [4.78, 5) is 16.5. The molecule has 0 bridgehead atoms. The lowest BCUT2D eigenvalue weighted by Gasteiger charge is -2.23. The molecular weight excluding hydrogens is 304 g/mol. The van der Waals surface area contributed by atoms with Gasteiger partial charge in [0, 0.05) is 32.2 Å². The molecule has 0 aliphatic carbocycles. The van der Waals surface area contributed by atoms with Gasteiger partial charge in [0.25, 0.3) is 0 Å². The van der Waals surface area contributed by atoms with Crippen LogP contribution in [0.2, 0.25) is 0 Å². The molecule has 1 saturated heterocycles. The molecule has 1 aromatic carbocycles. The van der Waals surface area contributed by atoms with E-state index >= 15 is 0 Å². The third-order valence-corrected chi connectivity index (χ3v) is 4.44. The number of hydrogen-bond acceptors (Lipinski definition) is 4. The Morgan fingerprint density at radius 1 is 1.29 bits per heavy atom. The van der Waals surface area contributed by atoms with Gasteiger partial charge in [-0.15, -0.1) is 0 Å². The van der Waals surface area contributed by atoms with Crippen molar-refractivity contribution in [2.75, 3.05) is 39.3 Å². The Morgan fingerprint density at radius 2 is 2.04 bits per heavy atom. The van der Waals surface area contributed by atoms with Crippen LogP contribution in [0.15, 0.2) is 36.4 Å². The fourth-order valence-corrected chi connectivity index (χ4v) is 3.08. The van der Waals surface area contributed by atoms with E-state index in [9.17, 15) is 4.79 Å². The first-order valence-electron chi connectivity index (χ1n) is 8.31. The summed E-state index contributed by atoms with van der Waals surface area (Å²) < 4.78 is 5.56. The molecule has 2 aliphatic rings. The van der Waals surface area contributed by atoms with Crippen LogP contribution in [0.4, 0.5) is 4.79 Å². The average molecular weight is 326 g/mol. The number of likely N-dealkylation sites (tertiary alicyclic amines) is 1. The Labute approximate surface area is 142 Å². The number of nitriles is 1. The molecule has 0 saturated carbocycles. The molecule has 3 rings (SSSR count). The van der Waals surface area contributed by atoms with Gasteiger partial charge in [-0.2, -0.15) is 5.26 Å². The Kier molecular flexibility index (Phi) is 5.34. The van der Waals surface area contributed by atoms with Crippen LogP contribution in [0, 0.1) is 11.3 Å². The fraction of sp³-hybridized carbons (Fsp3) is 0.444. The standard InChI is InChI=1S/C18H22N4O2/c19-13-15-3-5-17(6-4-15)24-12-8-20-18(23)22-11-7-16(14-22)21-9-1-2-10-21/h1-6,16H,7-12,14H2,(H,20,23). The third kappa shape index (κ3) is 4.06. The highest BCUT2D eigenvalue weighted by molar-refractivity contribution is 5.74. The van der Waals surface area contributed by atoms with Gasteiger partial charge in [-0.3, -0.25) is 4.90 Å². The summed E-state index contributed by atoms with van der Waals surface area (Å²) in [6, 6.07) is 9.46. The second kappa shape index (κ2) is 7.84. The Morgan fingerprint density at radius 3 is 2.75 bits per heavy atom. The molecule has 6 heteroatoms. The van der Waals surface area contributed by atoms with Crippen molar-refractivity contribution < 1.29 is 9.53 Å². The number of hydrogen-bond donors (Lipinski definition) is 1. The molecule has 1 aromatic rings. The highest BCUT2D eigenvalue weighted by Crippen LogP contribution is 2.17. The zero-order valence-electron chi connectivity index (χ0n) is 13.6. The molecule has 24 heavy (non-hydrogen) atoms. The summed E-state index contributed by atoms with van der Waals surface area (Å²) in [5.74, 6) is 0.700. The molecular formula is C18H22N4O2. The van der Waals surface area contributed by atoms with Crippen molar-refractivity contribution in [1.82, 2.24) is 15.1 Å². The molecule has 1 unspecified atom stereocenters. The van der Waals surface area contributed by atoms with Crippen LogP contribution >= 0.6 is 0 Å². The van der Waals surface area contributed by atoms with Crippen LogP contribution in [-0.2, 0) is 0 Å². The predicted octanol–water partition coefficient (Wildman–Crippen LogP) is 1.59. The number of urea groups is 1. The van der Waals surface area contributed by atoms with Crippen molar-refractivity contribution in [2.24, 2.45) is 0 Å². The maximum absolute atomic E-state index is 12.2. The molecule has 1 atom stereocenters. The largest absolute Gasteiger partial charge is 0.492 e. The van der Waals surface area contributed by atoms with Crippen molar-refractivity contribution in [3.63, 3.8) is 0 Å². The van der Waals surface area contributed by atoms with Crippen molar-refractivity contribution in [3.05, 3.63) is 42.0 Å². The van der Waals surface area contributed by atoms with Crippen LogP contribution in [0.3, 0.4) is 0 Å². The Hall–Kier alpha value is -2.52. The quantitative estimate of drug-likeness (QED) is 0.659. The van der Waals surface area contributed by atoms with E-state index in [-0.39, 0.29) is 6.03 Å². The molecule has 126 valence electrons. The zero-order chi connectivity index (χ0) is 16.8. The van der Waals surface area contributed by atoms with Gasteiger partial charge < -0.3 is 15.0 Å². The van der Waals surface area contributed by atoms with E-state index < -0.39 is 0 Å². The molecule has 1 N–H and O–H groups in total. The number of nitrogens with one attached hydrogen (secondary N) is 1. The molecule has 2 amide bonds. The molecule has 2 heterocycles. The zero-order valence-corrected chi connectivity index (χ0v) is 13.6. The first kappa shape index (κ1) is 16.3. The summed E-state index contributed by atoms with van der Waals surface area (Å²) in [7, 11) is 0. The monoisotopic (exact) mass is 326 g/mol. The number of rotatable bonds is 5. The highest BCUT2D eigenvalue weighted by Gasteiger charge is 2.30. The number of carbonyl (C=O) groups excluding carboxylic acids is 1. The van der Waals surface area contributed by atoms with Crippen LogP contribution in [0.25, 0.3) is 0 Å². The van der Waals surface area contributed by atoms with Gasteiger partial charge in [0.2, 0.25) is 0 Å². The van der Waals surface area contributed by atoms with Crippen LogP contribution < -0.4 is 10.1 Å². The Balaban J connectivity index is 1.34. The number of amides is 2. The summed E-state index contributed by atoms with van der Waals surface area (Å²) >= 11 is 0. The maximum Gasteiger partial charge on any atom is 0.317 e. The second-order valence-electron chi connectivity index (χ2n) is 6.03. The fourth-order valence-electron chi connectivity index (χ4n) is 3.08. The number of ether oxygens (including phenoxy) is 1. The number of benzene rings is 1. The van der Waals surface area contributed by atoms with Crippen molar-refractivity contribution in [2.45, 2.75) is 12.5 Å². The van der Waals surface area contributed by atoms with Crippen LogP contribution in [0.5, 0.6) is 5.75 Å². The van der Waals surface area contributed by atoms with Gasteiger partial charge in [0.05, 0.1) is 18.2 Å². The van der Waals surface area contributed by atoms with Crippen LogP contribution in [-0.4, -0.2) is 61.2 Å². The lowest BCUT2D eigenvalue weighted by atomic mass is 10.2. The molecule has 2 aliphatic heterocycles. The van der Waals surface area contributed by atoms with E-state index in [0.29, 0.717) is 30.5 Å². The molecule has 0 spiro atoms. The van der Waals surface area contributed by atoms with Crippen molar-refractivity contribution in [3.8, 4) is 11.8 Å². The van der Waals surface area contributed by atoms with Gasteiger partial charge in [-0.05, 0) is 30.7 Å². The first-order chi connectivity index (χ1) is 11.8. The third-order valence-electron chi connectivity index (χ3n) is 4.44. The van der Waals surface area contributed by atoms with E-state index in [1.54, 1.807) is 24.3 Å². The number of carbonyl (C=O) groups is 1. The van der Waals surface area contributed by atoms with Gasteiger partial charge in [0.15, 0.2) is 0 Å². The smallest absolute Gasteiger partial charge is 0.317 e. The van der Waals surface area contributed by atoms with Crippen molar-refractivity contribution >= 4 is 6.03 Å². The normalized spacial score (nSPS) is 20.1. The first-order valence-corrected chi connectivity index (χ1v) is 8.31. The minimum absolute atomic E-state index is 0.0203. The van der Waals surface area contributed by atoms with Gasteiger partial charge in [0.1, 0.15) is 12.4 Å². The van der Waals surface area contributed by atoms with E-state index in [4.69, 9.17) is 10.00 Å². The SMILES string of the molecule is N#Cc1ccc(OCCNC(=O)N2CCC(N3CC=CC3)C2)cc1. The maximum atomic E-state index is 12.2. The Bertz CT molecular complexity index is 627. The summed E-state index contributed by atoms with van der Waals surface area (Å²) in [6.07, 6.45) is 5.41. The minimum atomic E-state index is -0.0203. The number of nitrogens with zero attached hydrogens (tertiary/aromatic N) is 3. The lowest BCUT2D eigenvalue weighted by Crippen LogP contribution is -2.42. The predicted molar refractivity (Wildman–Crippen MR) is 90.7 cm³/mol. The van der Waals surface area contributed by atoms with Gasteiger partial charge in [-0.1, -0.05) is 12.2 Å². The highest BCUT2D eigenvalue weighted by atomic mass is 16.5. The molecule has 0 radical (unpaired) electrons. The van der Waals surface area contributed by atoms with Gasteiger partial charge >= 0.3 is 6.03 Å². The summed E-state index contributed by atoms with van der Waals surface area (Å²) in [5.41, 5.74) is 0.604. The van der Waals surface area contributed by atoms with Crippen molar-refractivity contribution in [1.29, 1.82) is 5.26 Å². The molecule has 0 aromatic heterocycles. The topological polar surface area (TPSA) is 68.6 Å². The lowest BCUT2D eigenvalue weighted by molar-refractivity contribution is 0.197. The summed E-state index contributed by atoms with van der Waals surface area (Å²) in [5, 5.41) is 11.7. The average Bonchev–Trinajstić information content (AvgIpc) is 3.30. The summed E-state index contributed by atoms with van der Waals surface area (Å²) in [6.45, 7) is 4.47. The van der Waals surface area contributed by atoms with Gasteiger partial charge in [-0.25, -0.2) is 4.79 Å². The molecule has 1 fully saturated rings. The van der Waals surface area contributed by atoms with E-state index in [2.05, 4.69) is 28.4 Å². The van der Waals surface area contributed by atoms with Crippen LogP contribution in [0.1, 0.15) is 12.0 Å². The molecule has 6 nitrogen and oxygen atoms in total.